The summed E-state index contributed by atoms with van der Waals surface area (Å²) in [6.07, 6.45) is 0.967. The monoisotopic (exact) mass is 265 g/mol. The van der Waals surface area contributed by atoms with Gasteiger partial charge in [0.15, 0.2) is 0 Å². The van der Waals surface area contributed by atoms with Crippen LogP contribution in [0.1, 0.15) is 34.1 Å². The number of aromatic nitrogens is 1. The third kappa shape index (κ3) is 3.73. The quantitative estimate of drug-likeness (QED) is 0.878. The maximum atomic E-state index is 5.90. The van der Waals surface area contributed by atoms with Gasteiger partial charge in [0, 0.05) is 6.61 Å². The molecule has 0 saturated carbocycles. The summed E-state index contributed by atoms with van der Waals surface area (Å²) in [4.78, 5) is 4.45. The Hall–Kier alpha value is -1.49. The van der Waals surface area contributed by atoms with Crippen molar-refractivity contribution in [2.24, 2.45) is 0 Å². The van der Waals surface area contributed by atoms with Gasteiger partial charge < -0.3 is 20.5 Å². The van der Waals surface area contributed by atoms with Crippen molar-refractivity contribution in [2.45, 2.75) is 45.3 Å². The molecule has 1 aromatic heterocycles. The zero-order valence-corrected chi connectivity index (χ0v) is 12.1. The molecule has 106 valence electrons. The number of ether oxygens (including phenoxy) is 2. The van der Waals surface area contributed by atoms with Crippen molar-refractivity contribution in [3.63, 3.8) is 0 Å². The largest absolute Gasteiger partial charge is 0.470 e. The highest BCUT2D eigenvalue weighted by molar-refractivity contribution is 5.54. The number of nitrogens with one attached hydrogen (secondary N) is 1. The van der Waals surface area contributed by atoms with E-state index in [1.807, 2.05) is 32.9 Å². The lowest BCUT2D eigenvalue weighted by Crippen LogP contribution is -2.35. The molecule has 2 rings (SSSR count). The molecule has 1 unspecified atom stereocenters. The molecule has 1 atom stereocenters. The van der Waals surface area contributed by atoms with Crippen LogP contribution in [0.3, 0.4) is 0 Å². The van der Waals surface area contributed by atoms with E-state index < -0.39 is 0 Å². The molecule has 2 heterocycles. The summed E-state index contributed by atoms with van der Waals surface area (Å²) in [5.41, 5.74) is 6.06. The van der Waals surface area contributed by atoms with Crippen LogP contribution in [-0.4, -0.2) is 29.3 Å². The summed E-state index contributed by atoms with van der Waals surface area (Å²) < 4.78 is 11.2. The molecule has 0 spiro atoms. The lowest BCUT2D eigenvalue weighted by molar-refractivity contribution is 0.125. The number of hydrogen-bond acceptors (Lipinski definition) is 5. The average Bonchev–Trinajstić information content (AvgIpc) is 2.68. The molecule has 0 amide bonds. The van der Waals surface area contributed by atoms with Crippen LogP contribution in [0.15, 0.2) is 12.1 Å². The molecule has 5 nitrogen and oxygen atoms in total. The van der Waals surface area contributed by atoms with Crippen LogP contribution in [0.5, 0.6) is 5.88 Å². The predicted molar refractivity (Wildman–Crippen MR) is 76.5 cm³/mol. The van der Waals surface area contributed by atoms with Crippen molar-refractivity contribution in [3.05, 3.63) is 12.1 Å². The summed E-state index contributed by atoms with van der Waals surface area (Å²) in [5.74, 6) is 1.24. The second-order valence-corrected chi connectivity index (χ2v) is 6.29. The number of anilines is 2. The van der Waals surface area contributed by atoms with Crippen LogP contribution in [0.4, 0.5) is 11.5 Å². The van der Waals surface area contributed by atoms with E-state index in [1.54, 1.807) is 0 Å². The van der Waals surface area contributed by atoms with E-state index in [2.05, 4.69) is 17.2 Å². The summed E-state index contributed by atoms with van der Waals surface area (Å²) in [6.45, 7) is 9.52. The van der Waals surface area contributed by atoms with Gasteiger partial charge in [-0.2, -0.15) is 4.98 Å². The predicted octanol–water partition coefficient (Wildman–Crippen LogP) is 2.43. The van der Waals surface area contributed by atoms with Crippen molar-refractivity contribution >= 4 is 11.5 Å². The fourth-order valence-corrected chi connectivity index (χ4v) is 1.97. The minimum atomic E-state index is -0.319. The highest BCUT2D eigenvalue weighted by Crippen LogP contribution is 2.28. The lowest BCUT2D eigenvalue weighted by atomic mass is 10.0. The zero-order chi connectivity index (χ0) is 14.1. The van der Waals surface area contributed by atoms with Gasteiger partial charge in [-0.25, -0.2) is 0 Å². The highest BCUT2D eigenvalue weighted by atomic mass is 16.5. The first-order chi connectivity index (χ1) is 8.77. The molecule has 5 heteroatoms. The molecule has 1 saturated heterocycles. The smallest absolute Gasteiger partial charge is 0.239 e. The van der Waals surface area contributed by atoms with E-state index in [0.29, 0.717) is 18.2 Å². The van der Waals surface area contributed by atoms with Crippen molar-refractivity contribution < 1.29 is 9.47 Å². The van der Waals surface area contributed by atoms with Crippen molar-refractivity contribution in [2.75, 3.05) is 24.3 Å². The molecule has 0 radical (unpaired) electrons. The van der Waals surface area contributed by atoms with Gasteiger partial charge in [0.05, 0.1) is 17.8 Å². The Bertz CT molecular complexity index is 448. The molecule has 1 fully saturated rings. The minimum absolute atomic E-state index is 0.0673. The van der Waals surface area contributed by atoms with Gasteiger partial charge in [0.1, 0.15) is 11.4 Å². The molecule has 1 aliphatic rings. The molecule has 1 aromatic rings. The number of nitrogens with zero attached hydrogens (tertiary/aromatic N) is 1. The van der Waals surface area contributed by atoms with Gasteiger partial charge in [-0.1, -0.05) is 0 Å². The number of pyridine rings is 1. The van der Waals surface area contributed by atoms with Crippen LogP contribution < -0.4 is 15.8 Å². The van der Waals surface area contributed by atoms with Crippen LogP contribution in [0.2, 0.25) is 0 Å². The fourth-order valence-electron chi connectivity index (χ4n) is 1.97. The Kier molecular flexibility index (Phi) is 3.58. The maximum absolute atomic E-state index is 5.90. The highest BCUT2D eigenvalue weighted by Gasteiger charge is 2.30. The number of hydrogen-bond donors (Lipinski definition) is 2. The summed E-state index contributed by atoms with van der Waals surface area (Å²) >= 11 is 0. The molecule has 0 aromatic carbocycles. The summed E-state index contributed by atoms with van der Waals surface area (Å²) in [5, 5.41) is 3.40. The van der Waals surface area contributed by atoms with E-state index in [9.17, 15) is 0 Å². The second kappa shape index (κ2) is 4.89. The lowest BCUT2D eigenvalue weighted by Gasteiger charge is -2.26. The minimum Gasteiger partial charge on any atom is -0.470 e. The first-order valence-electron chi connectivity index (χ1n) is 6.59. The Morgan fingerprint density at radius 3 is 2.74 bits per heavy atom. The standard InChI is InChI=1S/C14H23N3O2/c1-13(2,3)19-12-10(15)5-6-11(16-12)17-14(4)7-8-18-9-14/h5-6H,7-9,15H2,1-4H3,(H,16,17). The zero-order valence-electron chi connectivity index (χ0n) is 12.1. The number of rotatable bonds is 3. The Labute approximate surface area is 114 Å². The van der Waals surface area contributed by atoms with E-state index in [1.165, 1.54) is 0 Å². The number of nitrogen functional groups attached to an aromatic ring is 1. The molecular weight excluding hydrogens is 242 g/mol. The van der Waals surface area contributed by atoms with E-state index in [0.717, 1.165) is 18.8 Å². The third-order valence-electron chi connectivity index (χ3n) is 2.94. The molecule has 0 bridgehead atoms. The van der Waals surface area contributed by atoms with E-state index >= 15 is 0 Å². The first kappa shape index (κ1) is 13.9. The third-order valence-corrected chi connectivity index (χ3v) is 2.94. The maximum Gasteiger partial charge on any atom is 0.239 e. The van der Waals surface area contributed by atoms with Gasteiger partial charge in [-0.3, -0.25) is 0 Å². The van der Waals surface area contributed by atoms with E-state index in [4.69, 9.17) is 15.2 Å². The van der Waals surface area contributed by atoms with Crippen LogP contribution in [-0.2, 0) is 4.74 Å². The topological polar surface area (TPSA) is 69.4 Å². The molecule has 1 aliphatic heterocycles. The fraction of sp³-hybridized carbons (Fsp3) is 0.643. The normalized spacial score (nSPS) is 23.4. The van der Waals surface area contributed by atoms with E-state index in [-0.39, 0.29) is 11.1 Å². The molecule has 0 aliphatic carbocycles. The average molecular weight is 265 g/mol. The van der Waals surface area contributed by atoms with Gasteiger partial charge in [0.2, 0.25) is 5.88 Å². The Morgan fingerprint density at radius 1 is 1.42 bits per heavy atom. The first-order valence-corrected chi connectivity index (χ1v) is 6.59. The Morgan fingerprint density at radius 2 is 2.16 bits per heavy atom. The van der Waals surface area contributed by atoms with Crippen molar-refractivity contribution in [3.8, 4) is 5.88 Å². The summed E-state index contributed by atoms with van der Waals surface area (Å²) in [7, 11) is 0. The van der Waals surface area contributed by atoms with Crippen LogP contribution in [0, 0.1) is 0 Å². The van der Waals surface area contributed by atoms with Gasteiger partial charge in [-0.15, -0.1) is 0 Å². The number of nitrogens with two attached hydrogens (primary N) is 1. The SMILES string of the molecule is CC1(Nc2ccc(N)c(OC(C)(C)C)n2)CCOC1. The van der Waals surface area contributed by atoms with Crippen molar-refractivity contribution in [1.82, 2.24) is 4.98 Å². The van der Waals surface area contributed by atoms with Crippen LogP contribution >= 0.6 is 0 Å². The van der Waals surface area contributed by atoms with Crippen molar-refractivity contribution in [1.29, 1.82) is 0 Å². The summed E-state index contributed by atoms with van der Waals surface area (Å²) in [6, 6.07) is 3.68. The van der Waals surface area contributed by atoms with Gasteiger partial charge >= 0.3 is 0 Å². The molecule has 3 N–H and O–H groups in total. The second-order valence-electron chi connectivity index (χ2n) is 6.29. The molecular formula is C14H23N3O2. The van der Waals surface area contributed by atoms with Gasteiger partial charge in [-0.05, 0) is 46.2 Å². The molecule has 19 heavy (non-hydrogen) atoms. The Balaban J connectivity index is 2.16. The van der Waals surface area contributed by atoms with Crippen LogP contribution in [0.25, 0.3) is 0 Å². The van der Waals surface area contributed by atoms with Gasteiger partial charge in [0.25, 0.3) is 0 Å².